The lowest BCUT2D eigenvalue weighted by Gasteiger charge is -2.15. The second-order valence-electron chi connectivity index (χ2n) is 4.81. The number of rotatable bonds is 5. The quantitative estimate of drug-likeness (QED) is 0.600. The standard InChI is InChI=1S/C14H20N2O3/c1-9(2)12(16)14(18)19-13(17)11(15)8-10-6-4-3-5-7-10/h3-7,9,11-12H,8,15-16H2,1-2H3/t11-,12-/m0/s1. The van der Waals surface area contributed by atoms with Crippen LogP contribution in [0.5, 0.6) is 0 Å². The van der Waals surface area contributed by atoms with Gasteiger partial charge in [0.25, 0.3) is 0 Å². The zero-order valence-corrected chi connectivity index (χ0v) is 11.2. The number of nitrogens with two attached hydrogens (primary N) is 2. The molecule has 0 aromatic heterocycles. The van der Waals surface area contributed by atoms with E-state index >= 15 is 0 Å². The predicted octanol–water partition coefficient (Wildman–Crippen LogP) is 0.610. The molecule has 0 unspecified atom stereocenters. The number of carbonyl (C=O) groups excluding carboxylic acids is 2. The average molecular weight is 264 g/mol. The smallest absolute Gasteiger partial charge is 0.330 e. The molecule has 0 heterocycles. The van der Waals surface area contributed by atoms with Crippen molar-refractivity contribution in [2.75, 3.05) is 0 Å². The van der Waals surface area contributed by atoms with Gasteiger partial charge in [-0.25, -0.2) is 9.59 Å². The Bertz CT molecular complexity index is 432. The number of esters is 2. The summed E-state index contributed by atoms with van der Waals surface area (Å²) in [5.41, 5.74) is 12.2. The van der Waals surface area contributed by atoms with E-state index in [4.69, 9.17) is 11.5 Å². The maximum Gasteiger partial charge on any atom is 0.330 e. The van der Waals surface area contributed by atoms with E-state index < -0.39 is 24.0 Å². The zero-order valence-electron chi connectivity index (χ0n) is 11.2. The summed E-state index contributed by atoms with van der Waals surface area (Å²) in [7, 11) is 0. The summed E-state index contributed by atoms with van der Waals surface area (Å²) in [4.78, 5) is 23.2. The van der Waals surface area contributed by atoms with Gasteiger partial charge in [-0.15, -0.1) is 0 Å². The fourth-order valence-electron chi connectivity index (χ4n) is 1.47. The van der Waals surface area contributed by atoms with Crippen molar-refractivity contribution in [3.05, 3.63) is 35.9 Å². The maximum absolute atomic E-state index is 11.7. The number of hydrogen-bond acceptors (Lipinski definition) is 5. The van der Waals surface area contributed by atoms with Gasteiger partial charge in [0.05, 0.1) is 0 Å². The maximum atomic E-state index is 11.7. The lowest BCUT2D eigenvalue weighted by molar-refractivity contribution is -0.162. The van der Waals surface area contributed by atoms with Gasteiger partial charge in [-0.1, -0.05) is 44.2 Å². The van der Waals surface area contributed by atoms with Crippen LogP contribution in [0.1, 0.15) is 19.4 Å². The van der Waals surface area contributed by atoms with Crippen molar-refractivity contribution in [2.24, 2.45) is 17.4 Å². The Labute approximate surface area is 112 Å². The first kappa shape index (κ1) is 15.3. The van der Waals surface area contributed by atoms with E-state index in [1.807, 2.05) is 30.3 Å². The number of benzene rings is 1. The Morgan fingerprint density at radius 1 is 1.11 bits per heavy atom. The van der Waals surface area contributed by atoms with Crippen LogP contribution in [0.15, 0.2) is 30.3 Å². The summed E-state index contributed by atoms with van der Waals surface area (Å²) < 4.78 is 4.68. The van der Waals surface area contributed by atoms with Crippen molar-refractivity contribution in [2.45, 2.75) is 32.4 Å². The first-order chi connectivity index (χ1) is 8.91. The van der Waals surface area contributed by atoms with Gasteiger partial charge in [0.1, 0.15) is 12.1 Å². The fourth-order valence-corrected chi connectivity index (χ4v) is 1.47. The van der Waals surface area contributed by atoms with Crippen LogP contribution in [0.25, 0.3) is 0 Å². The van der Waals surface area contributed by atoms with Crippen LogP contribution in [-0.2, 0) is 20.7 Å². The summed E-state index contributed by atoms with van der Waals surface area (Å²) in [5, 5.41) is 0. The van der Waals surface area contributed by atoms with Crippen LogP contribution in [0.2, 0.25) is 0 Å². The van der Waals surface area contributed by atoms with Crippen LogP contribution in [0.3, 0.4) is 0 Å². The van der Waals surface area contributed by atoms with Crippen LogP contribution in [0.4, 0.5) is 0 Å². The Morgan fingerprint density at radius 2 is 1.68 bits per heavy atom. The highest BCUT2D eigenvalue weighted by Crippen LogP contribution is 2.05. The van der Waals surface area contributed by atoms with E-state index in [0.29, 0.717) is 6.42 Å². The molecule has 0 aliphatic rings. The highest BCUT2D eigenvalue weighted by molar-refractivity contribution is 5.90. The number of ether oxygens (including phenoxy) is 1. The second kappa shape index (κ2) is 7.01. The third kappa shape index (κ3) is 4.81. The summed E-state index contributed by atoms with van der Waals surface area (Å²) in [6.07, 6.45) is 0.323. The van der Waals surface area contributed by atoms with E-state index in [1.54, 1.807) is 13.8 Å². The molecular weight excluding hydrogens is 244 g/mol. The van der Waals surface area contributed by atoms with Gasteiger partial charge in [-0.05, 0) is 17.9 Å². The SMILES string of the molecule is CC(C)[C@H](N)C(=O)OC(=O)[C@@H](N)Cc1ccccc1. The van der Waals surface area contributed by atoms with Crippen LogP contribution in [0, 0.1) is 5.92 Å². The second-order valence-corrected chi connectivity index (χ2v) is 4.81. The van der Waals surface area contributed by atoms with Crippen molar-refractivity contribution in [1.82, 2.24) is 0 Å². The molecule has 5 heteroatoms. The largest absolute Gasteiger partial charge is 0.391 e. The average Bonchev–Trinajstić information content (AvgIpc) is 2.38. The molecule has 0 radical (unpaired) electrons. The summed E-state index contributed by atoms with van der Waals surface area (Å²) in [5.74, 6) is -1.57. The molecule has 1 rings (SSSR count). The molecule has 0 fully saturated rings. The lowest BCUT2D eigenvalue weighted by atomic mass is 10.1. The van der Waals surface area contributed by atoms with Crippen LogP contribution in [-0.4, -0.2) is 24.0 Å². The fraction of sp³-hybridized carbons (Fsp3) is 0.429. The minimum atomic E-state index is -0.870. The van der Waals surface area contributed by atoms with E-state index in [2.05, 4.69) is 4.74 Å². The van der Waals surface area contributed by atoms with Crippen molar-refractivity contribution >= 4 is 11.9 Å². The minimum absolute atomic E-state index is 0.0920. The molecule has 0 bridgehead atoms. The summed E-state index contributed by atoms with van der Waals surface area (Å²) in [6.45, 7) is 3.56. The molecule has 0 saturated carbocycles. The number of carbonyl (C=O) groups is 2. The highest BCUT2D eigenvalue weighted by atomic mass is 16.6. The zero-order chi connectivity index (χ0) is 14.4. The molecule has 19 heavy (non-hydrogen) atoms. The van der Waals surface area contributed by atoms with Gasteiger partial charge in [0.2, 0.25) is 0 Å². The minimum Gasteiger partial charge on any atom is -0.391 e. The molecule has 5 nitrogen and oxygen atoms in total. The van der Waals surface area contributed by atoms with Gasteiger partial charge in [-0.2, -0.15) is 0 Å². The predicted molar refractivity (Wildman–Crippen MR) is 72.0 cm³/mol. The van der Waals surface area contributed by atoms with Crippen molar-refractivity contribution < 1.29 is 14.3 Å². The molecule has 0 amide bonds. The Balaban J connectivity index is 2.52. The van der Waals surface area contributed by atoms with Gasteiger partial charge in [0.15, 0.2) is 0 Å². The monoisotopic (exact) mass is 264 g/mol. The number of hydrogen-bond donors (Lipinski definition) is 2. The van der Waals surface area contributed by atoms with Gasteiger partial charge < -0.3 is 16.2 Å². The van der Waals surface area contributed by atoms with Gasteiger partial charge in [0, 0.05) is 0 Å². The van der Waals surface area contributed by atoms with E-state index in [9.17, 15) is 9.59 Å². The van der Waals surface area contributed by atoms with E-state index in [1.165, 1.54) is 0 Å². The van der Waals surface area contributed by atoms with Crippen LogP contribution < -0.4 is 11.5 Å². The molecule has 0 spiro atoms. The van der Waals surface area contributed by atoms with E-state index in [-0.39, 0.29) is 5.92 Å². The Kier molecular flexibility index (Phi) is 5.66. The molecule has 0 aliphatic carbocycles. The molecule has 1 aromatic carbocycles. The molecule has 1 aromatic rings. The third-order valence-corrected chi connectivity index (χ3v) is 2.79. The molecule has 2 atom stereocenters. The first-order valence-electron chi connectivity index (χ1n) is 6.22. The molecule has 0 aliphatic heterocycles. The molecule has 4 N–H and O–H groups in total. The summed E-state index contributed by atoms with van der Waals surface area (Å²) in [6, 6.07) is 7.61. The van der Waals surface area contributed by atoms with E-state index in [0.717, 1.165) is 5.56 Å². The molecular formula is C14H20N2O3. The lowest BCUT2D eigenvalue weighted by Crippen LogP contribution is -2.42. The topological polar surface area (TPSA) is 95.4 Å². The Hall–Kier alpha value is -1.72. The van der Waals surface area contributed by atoms with Crippen molar-refractivity contribution in [1.29, 1.82) is 0 Å². The molecule has 0 saturated heterocycles. The van der Waals surface area contributed by atoms with Gasteiger partial charge in [-0.3, -0.25) is 0 Å². The van der Waals surface area contributed by atoms with Crippen molar-refractivity contribution in [3.8, 4) is 0 Å². The third-order valence-electron chi connectivity index (χ3n) is 2.79. The van der Waals surface area contributed by atoms with Crippen LogP contribution >= 0.6 is 0 Å². The van der Waals surface area contributed by atoms with Gasteiger partial charge >= 0.3 is 11.9 Å². The van der Waals surface area contributed by atoms with Crippen molar-refractivity contribution in [3.63, 3.8) is 0 Å². The normalized spacial score (nSPS) is 13.9. The summed E-state index contributed by atoms with van der Waals surface area (Å²) >= 11 is 0. The Morgan fingerprint density at radius 3 is 2.21 bits per heavy atom. The highest BCUT2D eigenvalue weighted by Gasteiger charge is 2.25. The molecule has 104 valence electrons. The first-order valence-corrected chi connectivity index (χ1v) is 6.22.